The Labute approximate surface area is 142 Å². The molecule has 0 saturated heterocycles. The lowest BCUT2D eigenvalue weighted by Gasteiger charge is -2.12. The molecule has 0 saturated carbocycles. The second-order valence-electron chi connectivity index (χ2n) is 5.32. The number of aliphatic hydroxyl groups excluding tert-OH is 1. The Morgan fingerprint density at radius 3 is 2.35 bits per heavy atom. The van der Waals surface area contributed by atoms with Crippen LogP contribution in [-0.2, 0) is 16.4 Å². The number of aryl methyl sites for hydroxylation is 1. The summed E-state index contributed by atoms with van der Waals surface area (Å²) in [6, 6.07) is 16.4. The normalized spacial score (nSPS) is 13.0. The molecule has 23 heavy (non-hydrogen) atoms. The van der Waals surface area contributed by atoms with E-state index in [1.54, 1.807) is 24.3 Å². The predicted octanol–water partition coefficient (Wildman–Crippen LogP) is 2.93. The molecule has 1 unspecified atom stereocenters. The first-order valence-electron chi connectivity index (χ1n) is 7.41. The maximum absolute atomic E-state index is 12.0. The van der Waals surface area contributed by atoms with E-state index in [9.17, 15) is 13.5 Å². The second-order valence-corrected chi connectivity index (χ2v) is 7.69. The van der Waals surface area contributed by atoms with Gasteiger partial charge in [-0.05, 0) is 36.1 Å². The van der Waals surface area contributed by atoms with Crippen molar-refractivity contribution in [3.8, 4) is 0 Å². The van der Waals surface area contributed by atoms with Crippen molar-refractivity contribution in [2.75, 3.05) is 12.3 Å². The lowest BCUT2D eigenvalue weighted by molar-refractivity contribution is 0.182. The van der Waals surface area contributed by atoms with E-state index in [0.29, 0.717) is 23.4 Å². The number of sulfonamides is 1. The average Bonchev–Trinajstić information content (AvgIpc) is 2.54. The maximum Gasteiger partial charge on any atom is 0.211 e. The van der Waals surface area contributed by atoms with Crippen molar-refractivity contribution in [3.05, 3.63) is 70.7 Å². The molecule has 0 aromatic heterocycles. The minimum atomic E-state index is -3.40. The molecule has 0 spiro atoms. The first kappa shape index (κ1) is 17.9. The highest BCUT2D eigenvalue weighted by molar-refractivity contribution is 7.89. The van der Waals surface area contributed by atoms with Gasteiger partial charge in [0, 0.05) is 11.6 Å². The smallest absolute Gasteiger partial charge is 0.211 e. The third-order valence-electron chi connectivity index (χ3n) is 3.47. The van der Waals surface area contributed by atoms with Crippen molar-refractivity contribution < 1.29 is 13.5 Å². The van der Waals surface area contributed by atoms with Gasteiger partial charge in [0.15, 0.2) is 0 Å². The molecule has 0 aliphatic carbocycles. The highest BCUT2D eigenvalue weighted by Gasteiger charge is 2.14. The Balaban J connectivity index is 1.78. The van der Waals surface area contributed by atoms with Crippen LogP contribution in [0.4, 0.5) is 0 Å². The molecule has 0 bridgehead atoms. The van der Waals surface area contributed by atoms with Gasteiger partial charge in [0.1, 0.15) is 0 Å². The number of hydrogen-bond acceptors (Lipinski definition) is 3. The van der Waals surface area contributed by atoms with Crippen LogP contribution in [0.5, 0.6) is 0 Å². The quantitative estimate of drug-likeness (QED) is 0.766. The lowest BCUT2D eigenvalue weighted by atomic mass is 10.1. The molecule has 1 atom stereocenters. The predicted molar refractivity (Wildman–Crippen MR) is 93.0 cm³/mol. The van der Waals surface area contributed by atoms with Crippen LogP contribution in [0.1, 0.15) is 23.7 Å². The van der Waals surface area contributed by atoms with E-state index in [1.165, 1.54) is 0 Å². The van der Waals surface area contributed by atoms with Crippen LogP contribution in [0.3, 0.4) is 0 Å². The number of hydrogen-bond donors (Lipinski definition) is 2. The zero-order valence-corrected chi connectivity index (χ0v) is 14.2. The Morgan fingerprint density at radius 2 is 1.70 bits per heavy atom. The molecule has 2 rings (SSSR count). The van der Waals surface area contributed by atoms with Crippen LogP contribution < -0.4 is 4.72 Å². The van der Waals surface area contributed by atoms with Crippen molar-refractivity contribution in [2.45, 2.75) is 18.9 Å². The van der Waals surface area contributed by atoms with Crippen LogP contribution in [-0.4, -0.2) is 25.8 Å². The molecule has 2 N–H and O–H groups in total. The van der Waals surface area contributed by atoms with Gasteiger partial charge in [-0.25, -0.2) is 13.1 Å². The molecule has 0 fully saturated rings. The molecule has 0 aliphatic rings. The van der Waals surface area contributed by atoms with Gasteiger partial charge in [0.05, 0.1) is 11.9 Å². The van der Waals surface area contributed by atoms with E-state index in [4.69, 9.17) is 11.6 Å². The Bertz CT molecular complexity index is 702. The van der Waals surface area contributed by atoms with E-state index in [2.05, 4.69) is 4.72 Å². The molecular formula is C17H20ClNO3S. The summed E-state index contributed by atoms with van der Waals surface area (Å²) >= 11 is 5.78. The summed E-state index contributed by atoms with van der Waals surface area (Å²) < 4.78 is 26.4. The van der Waals surface area contributed by atoms with Gasteiger partial charge in [0.25, 0.3) is 0 Å². The summed E-state index contributed by atoms with van der Waals surface area (Å²) in [7, 11) is -3.40. The topological polar surface area (TPSA) is 66.4 Å². The first-order valence-corrected chi connectivity index (χ1v) is 9.44. The first-order chi connectivity index (χ1) is 11.0. The van der Waals surface area contributed by atoms with Gasteiger partial charge in [-0.3, -0.25) is 0 Å². The number of aliphatic hydroxyl groups is 1. The van der Waals surface area contributed by atoms with Crippen molar-refractivity contribution in [1.29, 1.82) is 0 Å². The Hall–Kier alpha value is -1.40. The molecule has 0 radical (unpaired) electrons. The van der Waals surface area contributed by atoms with Crippen LogP contribution in [0, 0.1) is 0 Å². The fourth-order valence-corrected chi connectivity index (χ4v) is 3.40. The minimum absolute atomic E-state index is 0.0369. The molecule has 2 aromatic rings. The zero-order valence-electron chi connectivity index (χ0n) is 12.7. The third-order valence-corrected chi connectivity index (χ3v) is 5.16. The highest BCUT2D eigenvalue weighted by atomic mass is 35.5. The van der Waals surface area contributed by atoms with Gasteiger partial charge >= 0.3 is 0 Å². The largest absolute Gasteiger partial charge is 0.387 e. The molecule has 2 aromatic carbocycles. The monoisotopic (exact) mass is 353 g/mol. The summed E-state index contributed by atoms with van der Waals surface area (Å²) in [4.78, 5) is 0. The van der Waals surface area contributed by atoms with E-state index in [1.807, 2.05) is 30.3 Å². The number of halogens is 1. The van der Waals surface area contributed by atoms with Crippen molar-refractivity contribution in [1.82, 2.24) is 4.72 Å². The van der Waals surface area contributed by atoms with E-state index in [-0.39, 0.29) is 12.3 Å². The fraction of sp³-hybridized carbons (Fsp3) is 0.294. The van der Waals surface area contributed by atoms with Gasteiger partial charge in [0.2, 0.25) is 10.0 Å². The Kier molecular flexibility index (Phi) is 6.59. The molecule has 4 nitrogen and oxygen atoms in total. The molecule has 6 heteroatoms. The van der Waals surface area contributed by atoms with Gasteiger partial charge in [-0.15, -0.1) is 0 Å². The zero-order chi connectivity index (χ0) is 16.7. The average molecular weight is 354 g/mol. The fourth-order valence-electron chi connectivity index (χ4n) is 2.19. The number of nitrogens with one attached hydrogen (secondary N) is 1. The second kappa shape index (κ2) is 8.45. The molecule has 124 valence electrons. The third kappa shape index (κ3) is 6.31. The van der Waals surface area contributed by atoms with Crippen molar-refractivity contribution in [2.24, 2.45) is 0 Å². The van der Waals surface area contributed by atoms with Crippen LogP contribution >= 0.6 is 11.6 Å². The minimum Gasteiger partial charge on any atom is -0.387 e. The summed E-state index contributed by atoms with van der Waals surface area (Å²) in [5.41, 5.74) is 1.74. The molecule has 0 aliphatic heterocycles. The molecule has 0 heterocycles. The van der Waals surface area contributed by atoms with Crippen LogP contribution in [0.25, 0.3) is 0 Å². The summed E-state index contributed by atoms with van der Waals surface area (Å²) in [5.74, 6) is 0.0369. The summed E-state index contributed by atoms with van der Waals surface area (Å²) in [6.07, 6.45) is 0.355. The maximum atomic E-state index is 12.0. The molecule has 0 amide bonds. The number of rotatable bonds is 8. The van der Waals surface area contributed by atoms with Crippen LogP contribution in [0.15, 0.2) is 54.6 Å². The lowest BCUT2D eigenvalue weighted by Crippen LogP contribution is -2.30. The van der Waals surface area contributed by atoms with E-state index < -0.39 is 16.1 Å². The molecular weight excluding hydrogens is 334 g/mol. The van der Waals surface area contributed by atoms with E-state index >= 15 is 0 Å². The summed E-state index contributed by atoms with van der Waals surface area (Å²) in [5, 5.41) is 10.6. The van der Waals surface area contributed by atoms with E-state index in [0.717, 1.165) is 5.56 Å². The SMILES string of the molecule is O=S(=O)(CCCc1ccccc1)NCC(O)c1ccc(Cl)cc1. The van der Waals surface area contributed by atoms with Gasteiger partial charge < -0.3 is 5.11 Å². The standard InChI is InChI=1S/C17H20ClNO3S/c18-16-10-8-15(9-11-16)17(20)13-19-23(21,22)12-4-7-14-5-2-1-3-6-14/h1-3,5-6,8-11,17,19-20H,4,7,12-13H2. The number of benzene rings is 2. The highest BCUT2D eigenvalue weighted by Crippen LogP contribution is 2.16. The van der Waals surface area contributed by atoms with Crippen molar-refractivity contribution >= 4 is 21.6 Å². The Morgan fingerprint density at radius 1 is 1.04 bits per heavy atom. The summed E-state index contributed by atoms with van der Waals surface area (Å²) in [6.45, 7) is -0.0463. The van der Waals surface area contributed by atoms with Crippen molar-refractivity contribution in [3.63, 3.8) is 0 Å². The van der Waals surface area contributed by atoms with Crippen LogP contribution in [0.2, 0.25) is 5.02 Å². The van der Waals surface area contributed by atoms with Gasteiger partial charge in [-0.1, -0.05) is 54.1 Å². The van der Waals surface area contributed by atoms with Gasteiger partial charge in [-0.2, -0.15) is 0 Å².